The van der Waals surface area contributed by atoms with E-state index in [0.717, 1.165) is 15.6 Å². The van der Waals surface area contributed by atoms with E-state index in [-0.39, 0.29) is 25.4 Å². The first-order chi connectivity index (χ1) is 17.2. The summed E-state index contributed by atoms with van der Waals surface area (Å²) in [6, 6.07) is 17.6. The molecule has 188 valence electrons. The molecule has 0 atom stereocenters. The maximum absolute atomic E-state index is 12.2. The fourth-order valence-electron chi connectivity index (χ4n) is 3.19. The first-order valence-electron chi connectivity index (χ1n) is 11.3. The molecule has 0 unspecified atom stereocenters. The van der Waals surface area contributed by atoms with Crippen molar-refractivity contribution in [2.24, 2.45) is 0 Å². The molecule has 0 fully saturated rings. The van der Waals surface area contributed by atoms with Crippen molar-refractivity contribution in [1.29, 1.82) is 0 Å². The zero-order valence-electron chi connectivity index (χ0n) is 19.9. The summed E-state index contributed by atoms with van der Waals surface area (Å²) in [4.78, 5) is 36.2. The number of esters is 1. The molecular formula is C27H26BrClN2O5. The lowest BCUT2D eigenvalue weighted by Crippen LogP contribution is -2.21. The van der Waals surface area contributed by atoms with Gasteiger partial charge in [-0.15, -0.1) is 0 Å². The minimum absolute atomic E-state index is 0.0327. The topological polar surface area (TPSA) is 93.7 Å². The van der Waals surface area contributed by atoms with E-state index in [0.29, 0.717) is 34.3 Å². The Bertz CT molecular complexity index is 1230. The number of anilines is 2. The number of nitrogens with one attached hydrogen (secondary N) is 2. The van der Waals surface area contributed by atoms with Crippen LogP contribution in [0.25, 0.3) is 0 Å². The number of ether oxygens (including phenoxy) is 2. The van der Waals surface area contributed by atoms with E-state index in [1.807, 2.05) is 19.9 Å². The Morgan fingerprint density at radius 1 is 0.806 bits per heavy atom. The van der Waals surface area contributed by atoms with Crippen molar-refractivity contribution >= 4 is 56.7 Å². The van der Waals surface area contributed by atoms with E-state index < -0.39 is 11.9 Å². The quantitative estimate of drug-likeness (QED) is 0.260. The van der Waals surface area contributed by atoms with Gasteiger partial charge >= 0.3 is 5.97 Å². The monoisotopic (exact) mass is 572 g/mol. The van der Waals surface area contributed by atoms with E-state index in [2.05, 4.69) is 26.6 Å². The van der Waals surface area contributed by atoms with Crippen LogP contribution in [0, 0.1) is 13.8 Å². The average molecular weight is 574 g/mol. The van der Waals surface area contributed by atoms with Gasteiger partial charge in [-0.1, -0.05) is 27.5 Å². The standard InChI is InChI=1S/C27H26BrClN2O5/c1-17-18(2)24(15-14-23(17)28)31-26(33)16-35-27(34)5-3-4-25(32)30-20-8-12-22(13-9-20)36-21-10-6-19(29)7-11-21/h6-15H,3-5,16H2,1-2H3,(H,30,32)(H,31,33). The SMILES string of the molecule is Cc1c(Br)ccc(NC(=O)COC(=O)CCCC(=O)Nc2ccc(Oc3ccc(Cl)cc3)cc2)c1C. The molecule has 0 aliphatic rings. The molecule has 0 aliphatic heterocycles. The Balaban J connectivity index is 1.34. The summed E-state index contributed by atoms with van der Waals surface area (Å²) in [5, 5.41) is 6.14. The van der Waals surface area contributed by atoms with E-state index in [9.17, 15) is 14.4 Å². The third-order valence-electron chi connectivity index (χ3n) is 5.33. The molecule has 0 aliphatic carbocycles. The molecule has 2 N–H and O–H groups in total. The zero-order valence-corrected chi connectivity index (χ0v) is 22.2. The normalized spacial score (nSPS) is 10.4. The molecule has 7 nitrogen and oxygen atoms in total. The summed E-state index contributed by atoms with van der Waals surface area (Å²) in [5.74, 6) is 0.0828. The molecule has 3 aromatic carbocycles. The smallest absolute Gasteiger partial charge is 0.306 e. The second kappa shape index (κ2) is 13.1. The van der Waals surface area contributed by atoms with Crippen molar-refractivity contribution in [3.8, 4) is 11.5 Å². The molecule has 2 amide bonds. The number of amides is 2. The van der Waals surface area contributed by atoms with Gasteiger partial charge in [-0.2, -0.15) is 0 Å². The Kier molecular flexibility index (Phi) is 9.90. The number of carbonyl (C=O) groups is 3. The van der Waals surface area contributed by atoms with E-state index >= 15 is 0 Å². The highest BCUT2D eigenvalue weighted by Gasteiger charge is 2.12. The molecule has 36 heavy (non-hydrogen) atoms. The summed E-state index contributed by atoms with van der Waals surface area (Å²) in [6.07, 6.45) is 0.474. The van der Waals surface area contributed by atoms with Crippen LogP contribution in [0.5, 0.6) is 11.5 Å². The summed E-state index contributed by atoms with van der Waals surface area (Å²) in [6.45, 7) is 3.46. The molecule has 0 saturated carbocycles. The molecule has 0 heterocycles. The predicted molar refractivity (Wildman–Crippen MR) is 144 cm³/mol. The van der Waals surface area contributed by atoms with Crippen LogP contribution in [0.1, 0.15) is 30.4 Å². The van der Waals surface area contributed by atoms with Crippen LogP contribution in [-0.4, -0.2) is 24.4 Å². The Labute approximate surface area is 223 Å². The molecule has 3 aromatic rings. The lowest BCUT2D eigenvalue weighted by molar-refractivity contribution is -0.147. The number of halogens is 2. The number of hydrogen-bond acceptors (Lipinski definition) is 5. The summed E-state index contributed by atoms with van der Waals surface area (Å²) in [5.41, 5.74) is 3.23. The van der Waals surface area contributed by atoms with Gasteiger partial charge in [0.15, 0.2) is 6.61 Å². The zero-order chi connectivity index (χ0) is 26.1. The Hall–Kier alpha value is -3.36. The van der Waals surface area contributed by atoms with Gasteiger partial charge in [0, 0.05) is 33.7 Å². The van der Waals surface area contributed by atoms with Gasteiger partial charge in [0.2, 0.25) is 5.91 Å². The fraction of sp³-hybridized carbons (Fsp3) is 0.222. The second-order valence-corrected chi connectivity index (χ2v) is 9.33. The number of carbonyl (C=O) groups excluding carboxylic acids is 3. The van der Waals surface area contributed by atoms with Gasteiger partial charge in [-0.25, -0.2) is 0 Å². The summed E-state index contributed by atoms with van der Waals surface area (Å²) < 4.78 is 11.7. The van der Waals surface area contributed by atoms with Gasteiger partial charge in [-0.3, -0.25) is 14.4 Å². The van der Waals surface area contributed by atoms with Gasteiger partial charge in [0.1, 0.15) is 11.5 Å². The largest absolute Gasteiger partial charge is 0.457 e. The first-order valence-corrected chi connectivity index (χ1v) is 12.4. The number of benzene rings is 3. The van der Waals surface area contributed by atoms with Gasteiger partial charge < -0.3 is 20.1 Å². The molecule has 0 saturated heterocycles. The van der Waals surface area contributed by atoms with E-state index in [1.165, 1.54) is 0 Å². The molecule has 0 aromatic heterocycles. The van der Waals surface area contributed by atoms with E-state index in [4.69, 9.17) is 21.1 Å². The van der Waals surface area contributed by atoms with Crippen LogP contribution in [-0.2, 0) is 19.1 Å². The van der Waals surface area contributed by atoms with Crippen molar-refractivity contribution in [3.63, 3.8) is 0 Å². The second-order valence-electron chi connectivity index (χ2n) is 8.04. The van der Waals surface area contributed by atoms with Crippen LogP contribution in [0.15, 0.2) is 65.1 Å². The summed E-state index contributed by atoms with van der Waals surface area (Å²) in [7, 11) is 0. The summed E-state index contributed by atoms with van der Waals surface area (Å²) >= 11 is 9.31. The molecule has 3 rings (SSSR count). The van der Waals surface area contributed by atoms with Crippen LogP contribution in [0.2, 0.25) is 5.02 Å². The average Bonchev–Trinajstić information content (AvgIpc) is 2.86. The van der Waals surface area contributed by atoms with Crippen LogP contribution >= 0.6 is 27.5 Å². The van der Waals surface area contributed by atoms with Crippen molar-refractivity contribution < 1.29 is 23.9 Å². The van der Waals surface area contributed by atoms with Gasteiger partial charge in [0.05, 0.1) is 0 Å². The van der Waals surface area contributed by atoms with Gasteiger partial charge in [0.25, 0.3) is 5.91 Å². The van der Waals surface area contributed by atoms with Crippen molar-refractivity contribution in [1.82, 2.24) is 0 Å². The first kappa shape index (κ1) is 27.2. The molecule has 0 radical (unpaired) electrons. The Morgan fingerprint density at radius 3 is 2.11 bits per heavy atom. The van der Waals surface area contributed by atoms with Crippen LogP contribution in [0.3, 0.4) is 0 Å². The number of hydrogen-bond donors (Lipinski definition) is 2. The highest BCUT2D eigenvalue weighted by Crippen LogP contribution is 2.26. The highest BCUT2D eigenvalue weighted by molar-refractivity contribution is 9.10. The third kappa shape index (κ3) is 8.39. The minimum atomic E-state index is -0.537. The maximum atomic E-state index is 12.2. The van der Waals surface area contributed by atoms with E-state index in [1.54, 1.807) is 54.6 Å². The van der Waals surface area contributed by atoms with Crippen LogP contribution in [0.4, 0.5) is 11.4 Å². The predicted octanol–water partition coefficient (Wildman–Crippen LogP) is 6.80. The molecule has 0 bridgehead atoms. The molecular weight excluding hydrogens is 548 g/mol. The number of rotatable bonds is 10. The van der Waals surface area contributed by atoms with Crippen LogP contribution < -0.4 is 15.4 Å². The fourth-order valence-corrected chi connectivity index (χ4v) is 3.74. The Morgan fingerprint density at radius 2 is 1.44 bits per heavy atom. The molecule has 0 spiro atoms. The van der Waals surface area contributed by atoms with Crippen molar-refractivity contribution in [2.75, 3.05) is 17.2 Å². The third-order valence-corrected chi connectivity index (χ3v) is 6.44. The lowest BCUT2D eigenvalue weighted by atomic mass is 10.1. The molecule has 9 heteroatoms. The van der Waals surface area contributed by atoms with Crippen molar-refractivity contribution in [3.05, 3.63) is 81.3 Å². The lowest BCUT2D eigenvalue weighted by Gasteiger charge is -2.12. The minimum Gasteiger partial charge on any atom is -0.457 e. The van der Waals surface area contributed by atoms with Gasteiger partial charge in [-0.05, 0) is 92.1 Å². The van der Waals surface area contributed by atoms with Crippen molar-refractivity contribution in [2.45, 2.75) is 33.1 Å². The maximum Gasteiger partial charge on any atom is 0.306 e. The highest BCUT2D eigenvalue weighted by atomic mass is 79.9.